The minimum Gasteiger partial charge on any atom is -0.382 e. The average molecular weight is 212 g/mol. The molecule has 1 aromatic heterocycles. The summed E-state index contributed by atoms with van der Waals surface area (Å²) in [5.41, 5.74) is 5.93. The van der Waals surface area contributed by atoms with E-state index in [1.807, 2.05) is 5.38 Å². The van der Waals surface area contributed by atoms with Crippen LogP contribution in [0.15, 0.2) is 5.38 Å². The third-order valence-electron chi connectivity index (χ3n) is 2.08. The fourth-order valence-corrected chi connectivity index (χ4v) is 1.98. The van der Waals surface area contributed by atoms with Gasteiger partial charge >= 0.3 is 0 Å². The number of aromatic nitrogens is 1. The van der Waals surface area contributed by atoms with E-state index in [1.54, 1.807) is 11.3 Å². The molecule has 0 aromatic carbocycles. The van der Waals surface area contributed by atoms with Gasteiger partial charge in [-0.2, -0.15) is 0 Å². The molecule has 0 saturated carbocycles. The van der Waals surface area contributed by atoms with E-state index < -0.39 is 0 Å². The van der Waals surface area contributed by atoms with Gasteiger partial charge in [-0.05, 0) is 13.1 Å². The summed E-state index contributed by atoms with van der Waals surface area (Å²) in [5.74, 6) is 0.0482. The van der Waals surface area contributed by atoms with Crippen LogP contribution in [0.4, 0.5) is 0 Å². The largest absolute Gasteiger partial charge is 0.382 e. The Morgan fingerprint density at radius 1 is 1.57 bits per heavy atom. The summed E-state index contributed by atoms with van der Waals surface area (Å²) < 4.78 is 0. The molecule has 0 amide bonds. The van der Waals surface area contributed by atoms with Gasteiger partial charge in [-0.3, -0.25) is 10.3 Å². The van der Waals surface area contributed by atoms with Crippen LogP contribution in [0.2, 0.25) is 0 Å². The van der Waals surface area contributed by atoms with E-state index in [0.717, 1.165) is 24.6 Å². The molecule has 1 aromatic rings. The zero-order valence-electron chi connectivity index (χ0n) is 8.58. The number of nitrogens with one attached hydrogen (secondary N) is 1. The molecule has 5 heteroatoms. The van der Waals surface area contributed by atoms with E-state index in [9.17, 15) is 0 Å². The minimum atomic E-state index is 0.0482. The normalized spacial score (nSPS) is 10.8. The van der Waals surface area contributed by atoms with E-state index in [-0.39, 0.29) is 5.84 Å². The van der Waals surface area contributed by atoms with Gasteiger partial charge in [-0.1, -0.05) is 13.8 Å². The Balaban J connectivity index is 2.63. The molecular weight excluding hydrogens is 196 g/mol. The van der Waals surface area contributed by atoms with Crippen molar-refractivity contribution in [2.75, 3.05) is 13.1 Å². The van der Waals surface area contributed by atoms with Gasteiger partial charge in [-0.15, -0.1) is 11.3 Å². The van der Waals surface area contributed by atoms with Gasteiger partial charge in [0.2, 0.25) is 0 Å². The summed E-state index contributed by atoms with van der Waals surface area (Å²) in [4.78, 5) is 6.55. The third kappa shape index (κ3) is 2.78. The van der Waals surface area contributed by atoms with Crippen molar-refractivity contribution in [3.05, 3.63) is 16.1 Å². The molecule has 0 atom stereocenters. The van der Waals surface area contributed by atoms with Crippen LogP contribution in [0.1, 0.15) is 24.5 Å². The second-order valence-corrected chi connectivity index (χ2v) is 3.94. The van der Waals surface area contributed by atoms with Crippen molar-refractivity contribution in [1.29, 1.82) is 5.41 Å². The number of rotatable bonds is 5. The maximum Gasteiger partial charge on any atom is 0.142 e. The van der Waals surface area contributed by atoms with Crippen LogP contribution < -0.4 is 5.73 Å². The number of amidine groups is 1. The topological polar surface area (TPSA) is 66.0 Å². The lowest BCUT2D eigenvalue weighted by Gasteiger charge is -2.15. The molecule has 4 nitrogen and oxygen atoms in total. The maximum atomic E-state index is 7.23. The number of nitrogen functional groups attached to an aromatic ring is 1. The monoisotopic (exact) mass is 212 g/mol. The lowest BCUT2D eigenvalue weighted by molar-refractivity contribution is 0.295. The van der Waals surface area contributed by atoms with E-state index in [4.69, 9.17) is 11.1 Å². The summed E-state index contributed by atoms with van der Waals surface area (Å²) in [6.45, 7) is 7.15. The Morgan fingerprint density at radius 3 is 2.64 bits per heavy atom. The van der Waals surface area contributed by atoms with Gasteiger partial charge in [0.1, 0.15) is 16.5 Å². The van der Waals surface area contributed by atoms with Crippen molar-refractivity contribution >= 4 is 17.2 Å². The molecule has 1 heterocycles. The second-order valence-electron chi connectivity index (χ2n) is 3.00. The van der Waals surface area contributed by atoms with Crippen molar-refractivity contribution in [3.8, 4) is 0 Å². The van der Waals surface area contributed by atoms with Gasteiger partial charge in [-0.25, -0.2) is 4.98 Å². The third-order valence-corrected chi connectivity index (χ3v) is 2.91. The van der Waals surface area contributed by atoms with Crippen molar-refractivity contribution in [2.24, 2.45) is 5.73 Å². The molecule has 0 radical (unpaired) electrons. The highest BCUT2D eigenvalue weighted by molar-refractivity contribution is 7.09. The summed E-state index contributed by atoms with van der Waals surface area (Å²) in [5, 5.41) is 10.1. The first-order valence-electron chi connectivity index (χ1n) is 4.68. The molecule has 0 aliphatic rings. The molecule has 1 rings (SSSR count). The molecule has 0 fully saturated rings. The molecule has 0 unspecified atom stereocenters. The fraction of sp³-hybridized carbons (Fsp3) is 0.556. The highest BCUT2D eigenvalue weighted by atomic mass is 32.1. The molecule has 0 aliphatic carbocycles. The van der Waals surface area contributed by atoms with Crippen LogP contribution in [0.5, 0.6) is 0 Å². The van der Waals surface area contributed by atoms with Gasteiger partial charge in [0.05, 0.1) is 6.54 Å². The Bertz CT molecular complexity index is 304. The van der Waals surface area contributed by atoms with E-state index in [2.05, 4.69) is 23.7 Å². The lowest BCUT2D eigenvalue weighted by atomic mass is 10.4. The number of hydrogen-bond acceptors (Lipinski definition) is 4. The van der Waals surface area contributed by atoms with Crippen LogP contribution in [0, 0.1) is 5.41 Å². The first-order chi connectivity index (χ1) is 6.67. The van der Waals surface area contributed by atoms with Gasteiger partial charge < -0.3 is 5.73 Å². The number of hydrogen-bond donors (Lipinski definition) is 2. The van der Waals surface area contributed by atoms with E-state index in [0.29, 0.717) is 5.69 Å². The van der Waals surface area contributed by atoms with Gasteiger partial charge in [0, 0.05) is 5.38 Å². The molecule has 0 spiro atoms. The predicted octanol–water partition coefficient (Wildman–Crippen LogP) is 1.27. The Kier molecular flexibility index (Phi) is 4.03. The van der Waals surface area contributed by atoms with Crippen LogP contribution >= 0.6 is 11.3 Å². The summed E-state index contributed by atoms with van der Waals surface area (Å²) in [6.07, 6.45) is 0. The molecule has 78 valence electrons. The second kappa shape index (κ2) is 5.07. The van der Waals surface area contributed by atoms with Crippen molar-refractivity contribution in [1.82, 2.24) is 9.88 Å². The number of nitrogens with two attached hydrogens (primary N) is 1. The maximum absolute atomic E-state index is 7.23. The van der Waals surface area contributed by atoms with Crippen LogP contribution in [0.25, 0.3) is 0 Å². The van der Waals surface area contributed by atoms with Gasteiger partial charge in [0.25, 0.3) is 0 Å². The van der Waals surface area contributed by atoms with Crippen LogP contribution in [-0.4, -0.2) is 28.8 Å². The molecule has 0 saturated heterocycles. The molecule has 0 bridgehead atoms. The van der Waals surface area contributed by atoms with Gasteiger partial charge in [0.15, 0.2) is 0 Å². The lowest BCUT2D eigenvalue weighted by Crippen LogP contribution is -2.22. The quantitative estimate of drug-likeness (QED) is 0.570. The van der Waals surface area contributed by atoms with Crippen LogP contribution in [0.3, 0.4) is 0 Å². The van der Waals surface area contributed by atoms with Crippen molar-refractivity contribution in [2.45, 2.75) is 20.4 Å². The highest BCUT2D eigenvalue weighted by Gasteiger charge is 2.07. The van der Waals surface area contributed by atoms with E-state index >= 15 is 0 Å². The number of thiazole rings is 1. The highest BCUT2D eigenvalue weighted by Crippen LogP contribution is 2.11. The minimum absolute atomic E-state index is 0.0482. The zero-order chi connectivity index (χ0) is 10.6. The molecule has 14 heavy (non-hydrogen) atoms. The number of nitrogens with zero attached hydrogens (tertiary/aromatic N) is 2. The predicted molar refractivity (Wildman–Crippen MR) is 59.8 cm³/mol. The van der Waals surface area contributed by atoms with E-state index in [1.165, 1.54) is 0 Å². The Labute approximate surface area is 88.3 Å². The Hall–Kier alpha value is -0.940. The zero-order valence-corrected chi connectivity index (χ0v) is 9.40. The first-order valence-corrected chi connectivity index (χ1v) is 5.56. The fourth-order valence-electron chi connectivity index (χ4n) is 1.15. The van der Waals surface area contributed by atoms with Crippen molar-refractivity contribution < 1.29 is 0 Å². The molecule has 3 N–H and O–H groups in total. The summed E-state index contributed by atoms with van der Waals surface area (Å²) in [6, 6.07) is 0. The van der Waals surface area contributed by atoms with Crippen molar-refractivity contribution in [3.63, 3.8) is 0 Å². The Morgan fingerprint density at radius 2 is 2.21 bits per heavy atom. The van der Waals surface area contributed by atoms with Crippen LogP contribution in [-0.2, 0) is 6.54 Å². The summed E-state index contributed by atoms with van der Waals surface area (Å²) in [7, 11) is 0. The average Bonchev–Trinajstić information content (AvgIpc) is 2.62. The first kappa shape index (κ1) is 11.1. The summed E-state index contributed by atoms with van der Waals surface area (Å²) >= 11 is 1.56. The standard InChI is InChI=1S/C9H16N4S/c1-3-13(4-2)5-8-12-7(6-14-8)9(10)11/h6H,3-5H2,1-2H3,(H3,10,11). The SMILES string of the molecule is CCN(CC)Cc1nc(C(=N)N)cs1. The smallest absolute Gasteiger partial charge is 0.142 e. The molecular formula is C9H16N4S. The molecule has 0 aliphatic heterocycles.